The van der Waals surface area contributed by atoms with Gasteiger partial charge in [-0.05, 0) is 121 Å². The number of amides is 3. The number of hydrogen-bond acceptors (Lipinski definition) is 9. The topological polar surface area (TPSA) is 124 Å². The maximum atomic E-state index is 12.7. The second-order valence-corrected chi connectivity index (χ2v) is 30.5. The molecule has 0 bridgehead atoms. The van der Waals surface area contributed by atoms with Crippen LogP contribution < -0.4 is 30.2 Å². The predicted octanol–water partition coefficient (Wildman–Crippen LogP) is 15.1. The quantitative estimate of drug-likeness (QED) is 0.0813. The van der Waals surface area contributed by atoms with Crippen LogP contribution in [0.25, 0.3) is 18.2 Å². The van der Waals surface area contributed by atoms with Crippen molar-refractivity contribution < 1.29 is 46.8 Å². The number of nitrogens with zero attached hydrogens (tertiary/aromatic N) is 3. The number of fused-ring (bicyclic) bond motifs is 3. The zero-order valence-corrected chi connectivity index (χ0v) is 58.6. The molecule has 0 aromatic heterocycles. The third-order valence-corrected chi connectivity index (χ3v) is 21.4. The smallest absolute Gasteiger partial charge is 0.255 e. The summed E-state index contributed by atoms with van der Waals surface area (Å²) in [7, 11) is 13.8. The van der Waals surface area contributed by atoms with Crippen LogP contribution in [0.1, 0.15) is 75.8 Å². The average molecular weight is 1360 g/mol. The van der Waals surface area contributed by atoms with E-state index < -0.39 is 0 Å². The summed E-state index contributed by atoms with van der Waals surface area (Å²) in [6.07, 6.45) is 10.3. The summed E-state index contributed by atoms with van der Waals surface area (Å²) in [6.45, 7) is 9.78. The monoisotopic (exact) mass is 1360 g/mol. The molecule has 3 N–H and O–H groups in total. The molecule has 0 saturated carbocycles. The first-order valence-electron chi connectivity index (χ1n) is 31.4. The Balaban J connectivity index is 0.000000151. The molecule has 3 saturated heterocycles. The number of aryl methyl sites for hydroxylation is 2. The predicted molar refractivity (Wildman–Crippen MR) is 380 cm³/mol. The van der Waals surface area contributed by atoms with Gasteiger partial charge in [0.15, 0.2) is 0 Å². The number of carbonyl (C=O) groups excluding carboxylic acids is 3. The number of thioether (sulfide) groups is 2. The molecule has 6 heterocycles. The molecule has 486 valence electrons. The van der Waals surface area contributed by atoms with Crippen molar-refractivity contribution in [2.75, 3.05) is 109 Å². The lowest BCUT2D eigenvalue weighted by Crippen LogP contribution is -2.50. The summed E-state index contributed by atoms with van der Waals surface area (Å²) in [4.78, 5) is 38.1. The van der Waals surface area contributed by atoms with Gasteiger partial charge in [0.2, 0.25) is 0 Å². The molecular formula is C73H85Cl4N6O7S2+3. The Labute approximate surface area is 571 Å². The molecule has 0 radical (unpaired) electrons. The van der Waals surface area contributed by atoms with Crippen molar-refractivity contribution in [3.8, 4) is 17.2 Å². The van der Waals surface area contributed by atoms with E-state index in [-0.39, 0.29) is 37.5 Å². The van der Waals surface area contributed by atoms with Crippen LogP contribution in [-0.4, -0.2) is 148 Å². The Morgan fingerprint density at radius 3 is 1.26 bits per heavy atom. The first-order chi connectivity index (χ1) is 43.9. The molecule has 12 rings (SSSR count). The number of rotatable bonds is 16. The van der Waals surface area contributed by atoms with Crippen LogP contribution in [0.3, 0.4) is 0 Å². The van der Waals surface area contributed by atoms with Crippen molar-refractivity contribution in [1.82, 2.24) is 5.32 Å². The highest BCUT2D eigenvalue weighted by Gasteiger charge is 2.34. The van der Waals surface area contributed by atoms with Crippen LogP contribution in [0, 0.1) is 13.8 Å². The summed E-state index contributed by atoms with van der Waals surface area (Å²) >= 11 is 28.6. The van der Waals surface area contributed by atoms with E-state index >= 15 is 0 Å². The van der Waals surface area contributed by atoms with Gasteiger partial charge in [0.25, 0.3) is 17.7 Å². The number of benzene rings is 6. The molecule has 6 aliphatic rings. The SMILES string of the molecule is C[N+](C)(Cc1ccc(NC(=O)C2=Cc3cc(Cl)cc(Cl)c3OC2)cc1)C1CCSC1.Cc1cc(Cl)cc2c1OCC(C(=O)NCc1ccc(C[N+](C)(C)C3CCOCC3)cc1)=C2.Cc1cc(Cl)cc2c1OCC(C(=O)Nc1ccc(C[N+](C)(C)C3CCSC3)cc1)=C2. The Hall–Kier alpha value is -5.95. The number of carbonyl (C=O) groups is 3. The van der Waals surface area contributed by atoms with E-state index in [4.69, 9.17) is 65.4 Å². The highest BCUT2D eigenvalue weighted by atomic mass is 35.5. The van der Waals surface area contributed by atoms with Crippen LogP contribution in [-0.2, 0) is 45.3 Å². The third kappa shape index (κ3) is 18.1. The van der Waals surface area contributed by atoms with E-state index in [0.717, 1.165) is 110 Å². The number of halogens is 4. The Morgan fingerprint density at radius 2 is 0.837 bits per heavy atom. The average Bonchev–Trinajstić information content (AvgIpc) is 1.39. The van der Waals surface area contributed by atoms with Gasteiger partial charge in [-0.3, -0.25) is 14.4 Å². The molecule has 13 nitrogen and oxygen atoms in total. The number of nitrogens with one attached hydrogen (secondary N) is 3. The number of quaternary nitrogens is 3. The highest BCUT2D eigenvalue weighted by molar-refractivity contribution is 7.99. The molecule has 3 fully saturated rings. The number of anilines is 2. The zero-order valence-electron chi connectivity index (χ0n) is 53.9. The van der Waals surface area contributed by atoms with Crippen LogP contribution in [0.15, 0.2) is 126 Å². The van der Waals surface area contributed by atoms with Gasteiger partial charge in [-0.15, -0.1) is 0 Å². The summed E-state index contributed by atoms with van der Waals surface area (Å²) in [5.41, 5.74) is 12.6. The lowest BCUT2D eigenvalue weighted by Gasteiger charge is -2.40. The van der Waals surface area contributed by atoms with Gasteiger partial charge < -0.3 is 48.3 Å². The van der Waals surface area contributed by atoms with Crippen LogP contribution in [0.5, 0.6) is 17.2 Å². The van der Waals surface area contributed by atoms with Gasteiger partial charge >= 0.3 is 0 Å². The lowest BCUT2D eigenvalue weighted by atomic mass is 10.0. The third-order valence-electron chi connectivity index (χ3n) is 18.2. The number of ether oxygens (including phenoxy) is 4. The standard InChI is InChI=1S/C26H31ClN2O3.C24H27ClN2O2S.C23H24Cl2N2O2S/c1-18-12-23(27)14-21-13-22(17-32-25(18)21)26(30)28-15-19-4-6-20(7-5-19)16-29(2,3)24-8-10-31-11-9-24;1-16-10-20(25)12-18-11-19(14-29-23(16)18)24(28)26-21-6-4-17(5-7-21)13-27(2,3)22-8-9-30-15-22;1-27(2,20-7-8-30-14-20)12-15-3-5-19(6-4-15)26-23(28)17-9-16-10-18(24)11-21(25)22(16)29-13-17/h4-7,12-14,24H,8-11,15-17H2,1-3H3;4-7,10-12,22H,8-9,13-15H2,1-3H3;3-6,9-11,20H,7-8,12-14H2,1-2H3/p+3. The van der Waals surface area contributed by atoms with Crippen LogP contribution in [0.2, 0.25) is 20.1 Å². The molecule has 92 heavy (non-hydrogen) atoms. The van der Waals surface area contributed by atoms with E-state index in [1.165, 1.54) is 52.5 Å². The fourth-order valence-electron chi connectivity index (χ4n) is 12.7. The highest BCUT2D eigenvalue weighted by Crippen LogP contribution is 2.38. The first-order valence-corrected chi connectivity index (χ1v) is 35.2. The number of hydrogen-bond donors (Lipinski definition) is 3. The first kappa shape index (κ1) is 68.9. The lowest BCUT2D eigenvalue weighted by molar-refractivity contribution is -0.929. The zero-order chi connectivity index (χ0) is 65.3. The van der Waals surface area contributed by atoms with E-state index in [0.29, 0.717) is 72.8 Å². The fourth-order valence-corrected chi connectivity index (χ4v) is 16.7. The van der Waals surface area contributed by atoms with Gasteiger partial charge in [-0.2, -0.15) is 23.5 Å². The van der Waals surface area contributed by atoms with Crippen molar-refractivity contribution in [2.24, 2.45) is 0 Å². The van der Waals surface area contributed by atoms with Gasteiger partial charge in [-0.25, -0.2) is 0 Å². The van der Waals surface area contributed by atoms with E-state index in [9.17, 15) is 14.4 Å². The molecule has 6 aliphatic heterocycles. The molecule has 6 aromatic rings. The van der Waals surface area contributed by atoms with Crippen molar-refractivity contribution in [3.63, 3.8) is 0 Å². The van der Waals surface area contributed by atoms with Gasteiger partial charge in [0.1, 0.15) is 56.7 Å². The van der Waals surface area contributed by atoms with Gasteiger partial charge in [-0.1, -0.05) is 94.9 Å². The van der Waals surface area contributed by atoms with Crippen LogP contribution >= 0.6 is 69.9 Å². The maximum Gasteiger partial charge on any atom is 0.255 e. The minimum atomic E-state index is -0.191. The molecule has 2 atom stereocenters. The molecule has 0 aliphatic carbocycles. The summed E-state index contributed by atoms with van der Waals surface area (Å²) in [6, 6.07) is 37.7. The van der Waals surface area contributed by atoms with Crippen molar-refractivity contribution in [2.45, 2.75) is 83.8 Å². The van der Waals surface area contributed by atoms with E-state index in [1.54, 1.807) is 18.2 Å². The normalized spacial score (nSPS) is 17.8. The second-order valence-electron chi connectivity index (χ2n) is 26.5. The summed E-state index contributed by atoms with van der Waals surface area (Å²) in [5, 5.41) is 11.2. The molecule has 6 aromatic carbocycles. The molecule has 3 amide bonds. The summed E-state index contributed by atoms with van der Waals surface area (Å²) < 4.78 is 25.8. The minimum Gasteiger partial charge on any atom is -0.488 e. The van der Waals surface area contributed by atoms with Crippen molar-refractivity contribution in [3.05, 3.63) is 196 Å². The second kappa shape index (κ2) is 30.6. The van der Waals surface area contributed by atoms with Crippen molar-refractivity contribution >= 4 is 117 Å². The Morgan fingerprint density at radius 1 is 0.467 bits per heavy atom. The van der Waals surface area contributed by atoms with Crippen molar-refractivity contribution in [1.29, 1.82) is 0 Å². The van der Waals surface area contributed by atoms with Gasteiger partial charge in [0.05, 0.1) is 95.4 Å². The minimum absolute atomic E-state index is 0.116. The van der Waals surface area contributed by atoms with E-state index in [2.05, 4.69) is 119 Å². The van der Waals surface area contributed by atoms with E-state index in [1.807, 2.05) is 86.3 Å². The van der Waals surface area contributed by atoms with Crippen LogP contribution in [0.4, 0.5) is 11.4 Å². The summed E-state index contributed by atoms with van der Waals surface area (Å²) in [5.74, 6) is 6.70. The Bertz CT molecular complexity index is 3580. The Kier molecular flexibility index (Phi) is 22.9. The van der Waals surface area contributed by atoms with Gasteiger partial charge in [0, 0.05) is 104 Å². The molecule has 2 unspecified atom stereocenters. The fraction of sp³-hybridized carbons (Fsp3) is 0.384. The molecular weight excluding hydrogens is 1280 g/mol. The molecule has 0 spiro atoms. The largest absolute Gasteiger partial charge is 0.488 e. The molecule has 19 heteroatoms. The maximum absolute atomic E-state index is 12.7.